The third kappa shape index (κ3) is 1.54. The van der Waals surface area contributed by atoms with Gasteiger partial charge in [0.05, 0.1) is 11.8 Å². The molecular weight excluding hydrogens is 144 g/mol. The second kappa shape index (κ2) is 2.69. The van der Waals surface area contributed by atoms with Gasteiger partial charge in [-0.2, -0.15) is 5.10 Å². The van der Waals surface area contributed by atoms with Crippen molar-refractivity contribution in [1.82, 2.24) is 14.8 Å². The molecule has 11 heavy (non-hydrogen) atoms. The highest BCUT2D eigenvalue weighted by molar-refractivity contribution is 5.65. The Morgan fingerprint density at radius 1 is 1.64 bits per heavy atom. The molecule has 1 rings (SSSR count). The Labute approximate surface area is 64.4 Å². The van der Waals surface area contributed by atoms with Gasteiger partial charge in [-0.05, 0) is 13.8 Å². The summed E-state index contributed by atoms with van der Waals surface area (Å²) >= 11 is 0. The number of aromatic nitrogens is 3. The summed E-state index contributed by atoms with van der Waals surface area (Å²) < 4.78 is 1.60. The summed E-state index contributed by atoms with van der Waals surface area (Å²) in [5, 5.41) is 15.2. The van der Waals surface area contributed by atoms with Crippen LogP contribution in [0, 0.1) is 0 Å². The number of rotatable bonds is 2. The van der Waals surface area contributed by atoms with E-state index >= 15 is 0 Å². The predicted octanol–water partition coefficient (Wildman–Crippen LogP) is 0.473. The Bertz CT molecular complexity index is 239. The lowest BCUT2D eigenvalue weighted by Crippen LogP contribution is -2.28. The third-order valence-corrected chi connectivity index (χ3v) is 1.38. The van der Waals surface area contributed by atoms with Crippen LogP contribution in [-0.2, 0) is 5.54 Å². The molecule has 0 saturated heterocycles. The van der Waals surface area contributed by atoms with Crippen LogP contribution in [-0.4, -0.2) is 26.2 Å². The van der Waals surface area contributed by atoms with Gasteiger partial charge >= 0.3 is 0 Å². The van der Waals surface area contributed by atoms with Crippen molar-refractivity contribution >= 4 is 6.21 Å². The van der Waals surface area contributed by atoms with Crippen molar-refractivity contribution in [3.8, 4) is 0 Å². The minimum Gasteiger partial charge on any atom is -0.411 e. The fourth-order valence-corrected chi connectivity index (χ4v) is 0.706. The first-order valence-corrected chi connectivity index (χ1v) is 3.20. The van der Waals surface area contributed by atoms with Crippen LogP contribution < -0.4 is 0 Å². The van der Waals surface area contributed by atoms with Crippen LogP contribution in [0.25, 0.3) is 0 Å². The first kappa shape index (κ1) is 7.71. The van der Waals surface area contributed by atoms with E-state index in [4.69, 9.17) is 5.21 Å². The molecule has 60 valence electrons. The van der Waals surface area contributed by atoms with Crippen LogP contribution in [0.4, 0.5) is 0 Å². The molecule has 0 atom stereocenters. The zero-order valence-electron chi connectivity index (χ0n) is 6.47. The van der Waals surface area contributed by atoms with Crippen molar-refractivity contribution in [3.63, 3.8) is 0 Å². The topological polar surface area (TPSA) is 63.3 Å². The molecule has 0 fully saturated rings. The molecule has 0 saturated carbocycles. The summed E-state index contributed by atoms with van der Waals surface area (Å²) in [4.78, 5) is 3.78. The molecule has 1 heterocycles. The standard InChI is InChI=1S/C6H10N4O/c1-6(2,3-9-11)10-5-7-4-8-10/h3-5,11H,1-2H3/b9-3+. The molecule has 0 aliphatic heterocycles. The van der Waals surface area contributed by atoms with Crippen molar-refractivity contribution in [2.24, 2.45) is 5.16 Å². The van der Waals surface area contributed by atoms with Crippen molar-refractivity contribution in [1.29, 1.82) is 0 Å². The zero-order chi connectivity index (χ0) is 8.32. The van der Waals surface area contributed by atoms with E-state index in [0.717, 1.165) is 0 Å². The van der Waals surface area contributed by atoms with Gasteiger partial charge in [0.25, 0.3) is 0 Å². The van der Waals surface area contributed by atoms with Crippen molar-refractivity contribution < 1.29 is 5.21 Å². The molecule has 1 aromatic heterocycles. The lowest BCUT2D eigenvalue weighted by Gasteiger charge is -2.17. The van der Waals surface area contributed by atoms with Crippen molar-refractivity contribution in [3.05, 3.63) is 12.7 Å². The van der Waals surface area contributed by atoms with E-state index in [1.807, 2.05) is 13.8 Å². The molecule has 0 radical (unpaired) electrons. The largest absolute Gasteiger partial charge is 0.411 e. The van der Waals surface area contributed by atoms with Gasteiger partial charge in [0.1, 0.15) is 12.7 Å². The first-order chi connectivity index (χ1) is 5.17. The normalized spacial score (nSPS) is 12.5. The van der Waals surface area contributed by atoms with Gasteiger partial charge in [-0.15, -0.1) is 0 Å². The highest BCUT2D eigenvalue weighted by Gasteiger charge is 2.17. The van der Waals surface area contributed by atoms with Gasteiger partial charge in [-0.25, -0.2) is 9.67 Å². The van der Waals surface area contributed by atoms with Gasteiger partial charge in [0, 0.05) is 0 Å². The molecule has 0 spiro atoms. The minimum absolute atomic E-state index is 0.425. The van der Waals surface area contributed by atoms with E-state index in [-0.39, 0.29) is 0 Å². The molecule has 0 aliphatic rings. The average Bonchev–Trinajstić information content (AvgIpc) is 2.37. The SMILES string of the molecule is CC(C)(/C=N/O)n1cncn1. The molecule has 0 amide bonds. The van der Waals surface area contributed by atoms with Crippen LogP contribution in [0.5, 0.6) is 0 Å². The van der Waals surface area contributed by atoms with E-state index in [1.165, 1.54) is 12.5 Å². The van der Waals surface area contributed by atoms with Crippen LogP contribution in [0.15, 0.2) is 17.8 Å². The molecule has 0 aromatic carbocycles. The number of hydrogen-bond donors (Lipinski definition) is 1. The molecule has 5 nitrogen and oxygen atoms in total. The highest BCUT2D eigenvalue weighted by Crippen LogP contribution is 2.08. The second-order valence-electron chi connectivity index (χ2n) is 2.74. The molecular formula is C6H10N4O. The van der Waals surface area contributed by atoms with Gasteiger partial charge in [0.2, 0.25) is 0 Å². The highest BCUT2D eigenvalue weighted by atomic mass is 16.4. The van der Waals surface area contributed by atoms with Gasteiger partial charge in [0.15, 0.2) is 0 Å². The van der Waals surface area contributed by atoms with Gasteiger partial charge in [-0.1, -0.05) is 5.16 Å². The minimum atomic E-state index is -0.425. The summed E-state index contributed by atoms with van der Waals surface area (Å²) in [6.45, 7) is 3.72. The maximum atomic E-state index is 8.31. The molecule has 1 N–H and O–H groups in total. The van der Waals surface area contributed by atoms with E-state index in [2.05, 4.69) is 15.2 Å². The van der Waals surface area contributed by atoms with E-state index in [0.29, 0.717) is 0 Å². The molecule has 1 aromatic rings. The Morgan fingerprint density at radius 3 is 2.82 bits per heavy atom. The number of oxime groups is 1. The van der Waals surface area contributed by atoms with Gasteiger partial charge in [-0.3, -0.25) is 0 Å². The average molecular weight is 154 g/mol. The number of nitrogens with zero attached hydrogens (tertiary/aromatic N) is 4. The first-order valence-electron chi connectivity index (χ1n) is 3.20. The maximum absolute atomic E-state index is 8.31. The predicted molar refractivity (Wildman–Crippen MR) is 39.6 cm³/mol. The molecule has 0 unspecified atom stereocenters. The summed E-state index contributed by atoms with van der Waals surface area (Å²) in [7, 11) is 0. The molecule has 5 heteroatoms. The molecule has 0 bridgehead atoms. The summed E-state index contributed by atoms with van der Waals surface area (Å²) in [6.07, 6.45) is 4.40. The van der Waals surface area contributed by atoms with E-state index < -0.39 is 5.54 Å². The quantitative estimate of drug-likeness (QED) is 0.382. The Kier molecular flexibility index (Phi) is 1.89. The maximum Gasteiger partial charge on any atom is 0.137 e. The fraction of sp³-hybridized carbons (Fsp3) is 0.500. The summed E-state index contributed by atoms with van der Waals surface area (Å²) in [6, 6.07) is 0. The Balaban J connectivity index is 2.90. The smallest absolute Gasteiger partial charge is 0.137 e. The Hall–Kier alpha value is -1.39. The summed E-state index contributed by atoms with van der Waals surface area (Å²) in [5.74, 6) is 0. The van der Waals surface area contributed by atoms with Gasteiger partial charge < -0.3 is 5.21 Å². The zero-order valence-corrected chi connectivity index (χ0v) is 6.47. The number of hydrogen-bond acceptors (Lipinski definition) is 4. The molecule has 0 aliphatic carbocycles. The lowest BCUT2D eigenvalue weighted by molar-refractivity contribution is 0.310. The monoisotopic (exact) mass is 154 g/mol. The van der Waals surface area contributed by atoms with Crippen molar-refractivity contribution in [2.45, 2.75) is 19.4 Å². The fourth-order valence-electron chi connectivity index (χ4n) is 0.706. The van der Waals surface area contributed by atoms with Crippen LogP contribution in [0.2, 0.25) is 0 Å². The van der Waals surface area contributed by atoms with Crippen LogP contribution in [0.3, 0.4) is 0 Å². The lowest BCUT2D eigenvalue weighted by atomic mass is 10.1. The van der Waals surface area contributed by atoms with Crippen molar-refractivity contribution in [2.75, 3.05) is 0 Å². The Morgan fingerprint density at radius 2 is 2.36 bits per heavy atom. The second-order valence-corrected chi connectivity index (χ2v) is 2.74. The third-order valence-electron chi connectivity index (χ3n) is 1.38. The van der Waals surface area contributed by atoms with Crippen LogP contribution in [0.1, 0.15) is 13.8 Å². The van der Waals surface area contributed by atoms with E-state index in [9.17, 15) is 0 Å². The van der Waals surface area contributed by atoms with Crippen LogP contribution >= 0.6 is 0 Å². The van der Waals surface area contributed by atoms with E-state index in [1.54, 1.807) is 11.0 Å². The summed E-state index contributed by atoms with van der Waals surface area (Å²) in [5.41, 5.74) is -0.425.